The largest absolute Gasteiger partial charge is 0.396 e. The maximum absolute atomic E-state index is 10.3. The first-order chi connectivity index (χ1) is 6.16. The molecule has 2 aliphatic rings. The molecule has 4 unspecified atom stereocenters. The first kappa shape index (κ1) is 9.22. The van der Waals surface area contributed by atoms with Crippen LogP contribution in [-0.2, 0) is 0 Å². The van der Waals surface area contributed by atoms with Gasteiger partial charge in [0.25, 0.3) is 0 Å². The summed E-state index contributed by atoms with van der Waals surface area (Å²) in [5.74, 6) is 1.05. The normalized spacial score (nSPS) is 49.3. The van der Waals surface area contributed by atoms with Crippen molar-refractivity contribution in [2.45, 2.75) is 31.8 Å². The second-order valence-corrected chi connectivity index (χ2v) is 4.65. The second-order valence-electron chi connectivity index (χ2n) is 4.65. The lowest BCUT2D eigenvalue weighted by Crippen LogP contribution is -2.39. The molecule has 4 atom stereocenters. The lowest BCUT2D eigenvalue weighted by molar-refractivity contribution is -0.0402. The average molecular weight is 182 g/mol. The van der Waals surface area contributed by atoms with Crippen LogP contribution in [0.4, 0.5) is 0 Å². The molecule has 0 saturated heterocycles. The fourth-order valence-corrected chi connectivity index (χ4v) is 3.01. The molecule has 0 radical (unpaired) electrons. The van der Waals surface area contributed by atoms with Crippen molar-refractivity contribution < 1.29 is 10.2 Å². The highest BCUT2D eigenvalue weighted by Gasteiger charge is 2.50. The van der Waals surface area contributed by atoms with Crippen molar-refractivity contribution in [3.63, 3.8) is 0 Å². The van der Waals surface area contributed by atoms with Crippen LogP contribution in [0.15, 0.2) is 12.2 Å². The number of allylic oxidation sites excluding steroid dienone is 2. The summed E-state index contributed by atoms with van der Waals surface area (Å²) in [6.45, 7) is 2.01. The fraction of sp³-hybridized carbons (Fsp3) is 0.818. The van der Waals surface area contributed by atoms with Gasteiger partial charge in [0.05, 0.1) is 5.60 Å². The molecule has 0 bridgehead atoms. The Morgan fingerprint density at radius 1 is 1.38 bits per heavy atom. The summed E-state index contributed by atoms with van der Waals surface area (Å²) in [4.78, 5) is 0. The maximum Gasteiger partial charge on any atom is 0.0703 e. The standard InChI is InChI=1S/C11H18O2/c1-11(13)9(7-12)6-8-4-2-3-5-10(8)11/h2-3,8-10,12-13H,4-7H2,1H3. The van der Waals surface area contributed by atoms with Crippen molar-refractivity contribution in [3.8, 4) is 0 Å². The maximum atomic E-state index is 10.3. The third-order valence-corrected chi connectivity index (χ3v) is 3.95. The summed E-state index contributed by atoms with van der Waals surface area (Å²) in [5.41, 5.74) is -0.649. The predicted octanol–water partition coefficient (Wildman–Crippen LogP) is 1.33. The summed E-state index contributed by atoms with van der Waals surface area (Å²) >= 11 is 0. The van der Waals surface area contributed by atoms with Gasteiger partial charge in [-0.1, -0.05) is 12.2 Å². The zero-order valence-electron chi connectivity index (χ0n) is 8.11. The van der Waals surface area contributed by atoms with E-state index in [1.54, 1.807) is 0 Å². The lowest BCUT2D eigenvalue weighted by Gasteiger charge is -2.32. The smallest absolute Gasteiger partial charge is 0.0703 e. The van der Waals surface area contributed by atoms with E-state index in [2.05, 4.69) is 12.2 Å². The van der Waals surface area contributed by atoms with Gasteiger partial charge in [0.15, 0.2) is 0 Å². The van der Waals surface area contributed by atoms with Gasteiger partial charge >= 0.3 is 0 Å². The summed E-state index contributed by atoms with van der Waals surface area (Å²) in [6.07, 6.45) is 7.41. The van der Waals surface area contributed by atoms with E-state index in [1.165, 1.54) is 0 Å². The molecule has 1 saturated carbocycles. The first-order valence-corrected chi connectivity index (χ1v) is 5.14. The molecule has 2 N–H and O–H groups in total. The molecule has 2 aliphatic carbocycles. The van der Waals surface area contributed by atoms with Gasteiger partial charge in [-0.05, 0) is 38.0 Å². The highest BCUT2D eigenvalue weighted by molar-refractivity contribution is 5.07. The molecule has 0 spiro atoms. The zero-order valence-corrected chi connectivity index (χ0v) is 8.11. The highest BCUT2D eigenvalue weighted by atomic mass is 16.3. The Morgan fingerprint density at radius 3 is 2.69 bits per heavy atom. The molecule has 13 heavy (non-hydrogen) atoms. The van der Waals surface area contributed by atoms with E-state index in [1.807, 2.05) is 6.92 Å². The summed E-state index contributed by atoms with van der Waals surface area (Å²) in [7, 11) is 0. The Morgan fingerprint density at radius 2 is 2.08 bits per heavy atom. The minimum absolute atomic E-state index is 0.0856. The summed E-state index contributed by atoms with van der Waals surface area (Å²) in [6, 6.07) is 0. The van der Waals surface area contributed by atoms with Gasteiger partial charge in [-0.25, -0.2) is 0 Å². The molecule has 0 aliphatic heterocycles. The van der Waals surface area contributed by atoms with Crippen LogP contribution in [0.1, 0.15) is 26.2 Å². The number of hydrogen-bond donors (Lipinski definition) is 2. The fourth-order valence-electron chi connectivity index (χ4n) is 3.01. The topological polar surface area (TPSA) is 40.5 Å². The number of aliphatic hydroxyl groups is 2. The molecular weight excluding hydrogens is 164 g/mol. The summed E-state index contributed by atoms with van der Waals surface area (Å²) < 4.78 is 0. The molecule has 2 heteroatoms. The molecule has 0 heterocycles. The van der Waals surface area contributed by atoms with E-state index < -0.39 is 5.60 Å². The van der Waals surface area contributed by atoms with Crippen LogP contribution in [-0.4, -0.2) is 22.4 Å². The van der Waals surface area contributed by atoms with Crippen LogP contribution < -0.4 is 0 Å². The Labute approximate surface area is 79.3 Å². The highest BCUT2D eigenvalue weighted by Crippen LogP contribution is 2.49. The SMILES string of the molecule is CC1(O)C(CO)CC2CC=CCC21. The number of rotatable bonds is 1. The van der Waals surface area contributed by atoms with Gasteiger partial charge in [-0.2, -0.15) is 0 Å². The lowest BCUT2D eigenvalue weighted by atomic mass is 9.78. The van der Waals surface area contributed by atoms with Gasteiger partial charge < -0.3 is 10.2 Å². The van der Waals surface area contributed by atoms with E-state index in [-0.39, 0.29) is 12.5 Å². The average Bonchev–Trinajstić information content (AvgIpc) is 2.39. The molecule has 2 rings (SSSR count). The van der Waals surface area contributed by atoms with Crippen LogP contribution in [0.25, 0.3) is 0 Å². The Bertz CT molecular complexity index is 220. The molecule has 74 valence electrons. The molecule has 0 aromatic rings. The van der Waals surface area contributed by atoms with Gasteiger partial charge in [0.2, 0.25) is 0 Å². The zero-order chi connectivity index (χ0) is 9.47. The van der Waals surface area contributed by atoms with Crippen LogP contribution in [0, 0.1) is 17.8 Å². The van der Waals surface area contributed by atoms with Crippen molar-refractivity contribution in [1.29, 1.82) is 0 Å². The monoisotopic (exact) mass is 182 g/mol. The molecular formula is C11H18O2. The van der Waals surface area contributed by atoms with Crippen molar-refractivity contribution in [2.24, 2.45) is 17.8 Å². The second kappa shape index (κ2) is 3.10. The van der Waals surface area contributed by atoms with E-state index in [0.717, 1.165) is 19.3 Å². The van der Waals surface area contributed by atoms with Gasteiger partial charge in [-0.3, -0.25) is 0 Å². The minimum Gasteiger partial charge on any atom is -0.396 e. The number of hydrogen-bond acceptors (Lipinski definition) is 2. The predicted molar refractivity (Wildman–Crippen MR) is 51.2 cm³/mol. The van der Waals surface area contributed by atoms with Gasteiger partial charge in [-0.15, -0.1) is 0 Å². The minimum atomic E-state index is -0.649. The Balaban J connectivity index is 2.19. The quantitative estimate of drug-likeness (QED) is 0.601. The van der Waals surface area contributed by atoms with Gasteiger partial charge in [0.1, 0.15) is 0 Å². The number of aliphatic hydroxyl groups excluding tert-OH is 1. The van der Waals surface area contributed by atoms with Crippen LogP contribution in [0.2, 0.25) is 0 Å². The first-order valence-electron chi connectivity index (χ1n) is 5.14. The van der Waals surface area contributed by atoms with Crippen molar-refractivity contribution in [2.75, 3.05) is 6.61 Å². The van der Waals surface area contributed by atoms with Crippen LogP contribution >= 0.6 is 0 Å². The van der Waals surface area contributed by atoms with E-state index >= 15 is 0 Å². The third kappa shape index (κ3) is 1.32. The Hall–Kier alpha value is -0.340. The summed E-state index contributed by atoms with van der Waals surface area (Å²) in [5, 5.41) is 19.4. The van der Waals surface area contributed by atoms with Gasteiger partial charge in [0, 0.05) is 12.5 Å². The molecule has 0 aromatic heterocycles. The number of fused-ring (bicyclic) bond motifs is 1. The molecule has 0 amide bonds. The van der Waals surface area contributed by atoms with Crippen molar-refractivity contribution in [1.82, 2.24) is 0 Å². The Kier molecular flexibility index (Phi) is 2.20. The molecule has 0 aromatic carbocycles. The van der Waals surface area contributed by atoms with E-state index in [4.69, 9.17) is 5.11 Å². The van der Waals surface area contributed by atoms with E-state index in [0.29, 0.717) is 11.8 Å². The van der Waals surface area contributed by atoms with E-state index in [9.17, 15) is 5.11 Å². The van der Waals surface area contributed by atoms with Crippen LogP contribution in [0.5, 0.6) is 0 Å². The van der Waals surface area contributed by atoms with Crippen molar-refractivity contribution >= 4 is 0 Å². The molecule has 2 nitrogen and oxygen atoms in total. The third-order valence-electron chi connectivity index (χ3n) is 3.95. The van der Waals surface area contributed by atoms with Crippen molar-refractivity contribution in [3.05, 3.63) is 12.2 Å². The molecule has 1 fully saturated rings. The van der Waals surface area contributed by atoms with Crippen LogP contribution in [0.3, 0.4) is 0 Å².